The first-order valence-electron chi connectivity index (χ1n) is 6.83. The predicted octanol–water partition coefficient (Wildman–Crippen LogP) is 3.33. The lowest BCUT2D eigenvalue weighted by molar-refractivity contribution is 0.337. The maximum atomic E-state index is 13.1. The van der Waals surface area contributed by atoms with Crippen molar-refractivity contribution < 1.29 is 4.39 Å². The van der Waals surface area contributed by atoms with E-state index in [0.29, 0.717) is 0 Å². The highest BCUT2D eigenvalue weighted by Gasteiger charge is 2.10. The van der Waals surface area contributed by atoms with Crippen LogP contribution < -0.4 is 5.32 Å². The van der Waals surface area contributed by atoms with Crippen LogP contribution >= 0.6 is 11.3 Å². The molecule has 0 spiro atoms. The van der Waals surface area contributed by atoms with E-state index in [0.717, 1.165) is 34.9 Å². The quantitative estimate of drug-likeness (QED) is 0.851. The molecule has 1 fully saturated rings. The van der Waals surface area contributed by atoms with Gasteiger partial charge in [-0.15, -0.1) is 0 Å². The lowest BCUT2D eigenvalue weighted by Gasteiger charge is -2.13. The van der Waals surface area contributed by atoms with Crippen LogP contribution in [0.3, 0.4) is 0 Å². The fourth-order valence-corrected chi connectivity index (χ4v) is 3.39. The monoisotopic (exact) mass is 279 g/mol. The summed E-state index contributed by atoms with van der Waals surface area (Å²) >= 11 is 1.52. The number of hydrogen-bond acceptors (Lipinski definition) is 4. The van der Waals surface area contributed by atoms with Crippen LogP contribution in [0.15, 0.2) is 18.2 Å². The summed E-state index contributed by atoms with van der Waals surface area (Å²) in [7, 11) is 0. The van der Waals surface area contributed by atoms with E-state index in [1.807, 2.05) is 0 Å². The minimum atomic E-state index is -0.197. The number of rotatable bonds is 5. The summed E-state index contributed by atoms with van der Waals surface area (Å²) in [6.07, 6.45) is 3.82. The van der Waals surface area contributed by atoms with Crippen LogP contribution in [-0.4, -0.2) is 36.1 Å². The van der Waals surface area contributed by atoms with Crippen LogP contribution in [0.1, 0.15) is 19.3 Å². The summed E-state index contributed by atoms with van der Waals surface area (Å²) in [4.78, 5) is 6.96. The molecule has 0 bridgehead atoms. The Labute approximate surface area is 116 Å². The first-order valence-corrected chi connectivity index (χ1v) is 7.65. The van der Waals surface area contributed by atoms with Crippen LogP contribution in [0, 0.1) is 5.82 Å². The van der Waals surface area contributed by atoms with Gasteiger partial charge in [-0.2, -0.15) is 0 Å². The molecule has 2 heterocycles. The molecular formula is C14H18FN3S. The number of halogens is 1. The molecule has 1 aromatic heterocycles. The molecule has 0 radical (unpaired) electrons. The van der Waals surface area contributed by atoms with Crippen LogP contribution in [0.4, 0.5) is 9.52 Å². The molecule has 1 N–H and O–H groups in total. The van der Waals surface area contributed by atoms with Gasteiger partial charge >= 0.3 is 0 Å². The van der Waals surface area contributed by atoms with E-state index in [2.05, 4.69) is 15.2 Å². The zero-order chi connectivity index (χ0) is 13.1. The zero-order valence-electron chi connectivity index (χ0n) is 10.9. The van der Waals surface area contributed by atoms with E-state index in [1.165, 1.54) is 43.3 Å². The molecule has 1 aromatic carbocycles. The Morgan fingerprint density at radius 3 is 3.00 bits per heavy atom. The Kier molecular flexibility index (Phi) is 3.94. The summed E-state index contributed by atoms with van der Waals surface area (Å²) in [5.41, 5.74) is 0.869. The molecule has 2 aromatic rings. The number of fused-ring (bicyclic) bond motifs is 1. The molecule has 1 aliphatic heterocycles. The molecule has 3 rings (SSSR count). The van der Waals surface area contributed by atoms with Crippen molar-refractivity contribution in [2.24, 2.45) is 0 Å². The van der Waals surface area contributed by atoms with E-state index in [1.54, 1.807) is 12.1 Å². The van der Waals surface area contributed by atoms with E-state index < -0.39 is 0 Å². The maximum Gasteiger partial charge on any atom is 0.183 e. The fraction of sp³-hybridized carbons (Fsp3) is 0.500. The minimum absolute atomic E-state index is 0.197. The van der Waals surface area contributed by atoms with Crippen molar-refractivity contribution in [2.75, 3.05) is 31.5 Å². The van der Waals surface area contributed by atoms with Gasteiger partial charge in [-0.3, -0.25) is 0 Å². The van der Waals surface area contributed by atoms with Crippen molar-refractivity contribution in [1.29, 1.82) is 0 Å². The number of benzene rings is 1. The third kappa shape index (κ3) is 3.22. The first kappa shape index (κ1) is 12.8. The summed E-state index contributed by atoms with van der Waals surface area (Å²) in [5.74, 6) is -0.197. The second-order valence-corrected chi connectivity index (χ2v) is 5.99. The van der Waals surface area contributed by atoms with Crippen molar-refractivity contribution in [2.45, 2.75) is 19.3 Å². The van der Waals surface area contributed by atoms with E-state index in [9.17, 15) is 4.39 Å². The number of anilines is 1. The van der Waals surface area contributed by atoms with Crippen molar-refractivity contribution in [1.82, 2.24) is 9.88 Å². The second kappa shape index (κ2) is 5.84. The van der Waals surface area contributed by atoms with Gasteiger partial charge in [0.2, 0.25) is 0 Å². The Morgan fingerprint density at radius 1 is 1.32 bits per heavy atom. The molecule has 3 nitrogen and oxygen atoms in total. The van der Waals surface area contributed by atoms with Crippen molar-refractivity contribution >= 4 is 26.7 Å². The van der Waals surface area contributed by atoms with Crippen LogP contribution in [-0.2, 0) is 0 Å². The van der Waals surface area contributed by atoms with Crippen molar-refractivity contribution in [3.63, 3.8) is 0 Å². The largest absolute Gasteiger partial charge is 0.361 e. The summed E-state index contributed by atoms with van der Waals surface area (Å²) < 4.78 is 14.0. The lowest BCUT2D eigenvalue weighted by Crippen LogP contribution is -2.22. The maximum absolute atomic E-state index is 13.1. The molecule has 0 unspecified atom stereocenters. The van der Waals surface area contributed by atoms with Gasteiger partial charge in [0.25, 0.3) is 0 Å². The fourth-order valence-electron chi connectivity index (χ4n) is 2.48. The van der Waals surface area contributed by atoms with Gasteiger partial charge in [0, 0.05) is 6.54 Å². The minimum Gasteiger partial charge on any atom is -0.361 e. The van der Waals surface area contributed by atoms with Gasteiger partial charge in [-0.05, 0) is 57.1 Å². The summed E-state index contributed by atoms with van der Waals surface area (Å²) in [6, 6.07) is 4.73. The Bertz CT molecular complexity index is 549. The van der Waals surface area contributed by atoms with Gasteiger partial charge in [-0.25, -0.2) is 9.37 Å². The zero-order valence-corrected chi connectivity index (χ0v) is 11.7. The second-order valence-electron chi connectivity index (χ2n) is 4.96. The van der Waals surface area contributed by atoms with Crippen LogP contribution in [0.5, 0.6) is 0 Å². The highest BCUT2D eigenvalue weighted by atomic mass is 32.1. The molecule has 0 atom stereocenters. The number of nitrogens with zero attached hydrogens (tertiary/aromatic N) is 2. The van der Waals surface area contributed by atoms with Crippen molar-refractivity contribution in [3.8, 4) is 0 Å². The molecule has 19 heavy (non-hydrogen) atoms. The average molecular weight is 279 g/mol. The van der Waals surface area contributed by atoms with Gasteiger partial charge in [0.15, 0.2) is 5.13 Å². The first-order chi connectivity index (χ1) is 9.31. The highest BCUT2D eigenvalue weighted by Crippen LogP contribution is 2.26. The third-order valence-corrected chi connectivity index (χ3v) is 4.45. The van der Waals surface area contributed by atoms with E-state index in [-0.39, 0.29) is 5.82 Å². The summed E-state index contributed by atoms with van der Waals surface area (Å²) in [5, 5.41) is 4.23. The van der Waals surface area contributed by atoms with Gasteiger partial charge < -0.3 is 10.2 Å². The van der Waals surface area contributed by atoms with Crippen LogP contribution in [0.25, 0.3) is 10.2 Å². The number of nitrogens with one attached hydrogen (secondary N) is 1. The predicted molar refractivity (Wildman–Crippen MR) is 78.4 cm³/mol. The Hall–Kier alpha value is -1.20. The lowest BCUT2D eigenvalue weighted by atomic mass is 10.3. The molecule has 0 saturated carbocycles. The third-order valence-electron chi connectivity index (χ3n) is 3.48. The van der Waals surface area contributed by atoms with E-state index in [4.69, 9.17) is 0 Å². The van der Waals surface area contributed by atoms with Gasteiger partial charge in [0.05, 0.1) is 10.2 Å². The number of aromatic nitrogens is 1. The normalized spacial score (nSPS) is 16.3. The molecule has 1 saturated heterocycles. The highest BCUT2D eigenvalue weighted by molar-refractivity contribution is 7.22. The average Bonchev–Trinajstić information content (AvgIpc) is 3.02. The molecular weight excluding hydrogens is 261 g/mol. The Morgan fingerprint density at radius 2 is 2.16 bits per heavy atom. The summed E-state index contributed by atoms with van der Waals surface area (Å²) in [6.45, 7) is 4.59. The van der Waals surface area contributed by atoms with Gasteiger partial charge in [-0.1, -0.05) is 11.3 Å². The smallest absolute Gasteiger partial charge is 0.183 e. The van der Waals surface area contributed by atoms with Crippen LogP contribution in [0.2, 0.25) is 0 Å². The molecule has 0 amide bonds. The number of likely N-dealkylation sites (tertiary alicyclic amines) is 1. The topological polar surface area (TPSA) is 28.2 Å². The number of hydrogen-bond donors (Lipinski definition) is 1. The Balaban J connectivity index is 1.50. The van der Waals surface area contributed by atoms with Gasteiger partial charge in [0.1, 0.15) is 5.82 Å². The molecule has 102 valence electrons. The van der Waals surface area contributed by atoms with E-state index >= 15 is 0 Å². The standard InChI is InChI=1S/C14H18FN3S/c15-11-4-5-12-13(10-11)19-14(17-12)16-6-3-9-18-7-1-2-8-18/h4-5,10H,1-3,6-9H2,(H,16,17). The van der Waals surface area contributed by atoms with Crippen molar-refractivity contribution in [3.05, 3.63) is 24.0 Å². The molecule has 0 aliphatic carbocycles. The SMILES string of the molecule is Fc1ccc2nc(NCCCN3CCCC3)sc2c1. The molecule has 5 heteroatoms. The number of thiazole rings is 1. The molecule has 1 aliphatic rings.